The number of ether oxygens (including phenoxy) is 1. The molecule has 1 amide bonds. The molecule has 0 bridgehead atoms. The minimum Gasteiger partial charge on any atom is -0.438 e. The van der Waals surface area contributed by atoms with Crippen LogP contribution in [-0.4, -0.2) is 42.6 Å². The first kappa shape index (κ1) is 26.8. The number of anilines is 1. The largest absolute Gasteiger partial charge is 0.438 e. The van der Waals surface area contributed by atoms with E-state index in [9.17, 15) is 13.2 Å². The summed E-state index contributed by atoms with van der Waals surface area (Å²) in [7, 11) is -4.33. The van der Waals surface area contributed by atoms with E-state index in [1.165, 1.54) is 18.2 Å². The third-order valence-electron chi connectivity index (χ3n) is 5.62. The fraction of sp³-hybridized carbons (Fsp3) is 0.179. The number of amides is 1. The van der Waals surface area contributed by atoms with Gasteiger partial charge >= 0.3 is 0 Å². The van der Waals surface area contributed by atoms with Crippen molar-refractivity contribution in [3.63, 3.8) is 0 Å². The Labute approximate surface area is 226 Å². The summed E-state index contributed by atoms with van der Waals surface area (Å²) in [5.74, 6) is -0.155. The molecule has 0 unspecified atom stereocenters. The quantitative estimate of drug-likeness (QED) is 0.268. The average molecular weight is 539 g/mol. The van der Waals surface area contributed by atoms with Crippen molar-refractivity contribution in [2.45, 2.75) is 25.8 Å². The molecule has 0 saturated heterocycles. The molecule has 2 aromatic carbocycles. The van der Waals surface area contributed by atoms with Gasteiger partial charge in [-0.1, -0.05) is 54.1 Å². The fourth-order valence-electron chi connectivity index (χ4n) is 3.96. The third kappa shape index (κ3) is 6.16. The molecule has 9 nitrogen and oxygen atoms in total. The van der Waals surface area contributed by atoms with Gasteiger partial charge in [0.25, 0.3) is 15.9 Å². The number of rotatable bonds is 9. The Kier molecular flexibility index (Phi) is 8.04. The number of aliphatic hydroxyl groups excluding tert-OH is 1. The number of benzene rings is 2. The molecule has 0 saturated carbocycles. The first-order valence-electron chi connectivity index (χ1n) is 11.9. The molecule has 0 atom stereocenters. The minimum atomic E-state index is -4.33. The highest BCUT2D eigenvalue weighted by Gasteiger charge is 2.25. The van der Waals surface area contributed by atoms with Crippen molar-refractivity contribution in [3.05, 3.63) is 95.1 Å². The summed E-state index contributed by atoms with van der Waals surface area (Å²) in [6.45, 7) is 5.81. The number of aryl methyl sites for hydroxylation is 3. The molecule has 0 aliphatic rings. The Morgan fingerprint density at radius 2 is 1.66 bits per heavy atom. The number of nitrogens with zero attached hydrogens (tertiary/aromatic N) is 2. The molecule has 2 heterocycles. The summed E-state index contributed by atoms with van der Waals surface area (Å²) in [4.78, 5) is 21.9. The third-order valence-corrected chi connectivity index (χ3v) is 6.85. The van der Waals surface area contributed by atoms with Crippen molar-refractivity contribution < 1.29 is 27.3 Å². The number of carbonyl (C=O) groups is 1. The number of aliphatic hydroxyl groups is 1. The van der Waals surface area contributed by atoms with Crippen LogP contribution < -0.4 is 14.8 Å². The van der Waals surface area contributed by atoms with Crippen LogP contribution >= 0.6 is 0 Å². The van der Waals surface area contributed by atoms with E-state index in [1.54, 1.807) is 12.1 Å². The van der Waals surface area contributed by atoms with E-state index in [1.807, 2.05) is 63.2 Å². The Morgan fingerprint density at radius 3 is 2.34 bits per heavy atom. The Morgan fingerprint density at radius 1 is 0.947 bits per heavy atom. The number of nitrogens with one attached hydrogen (secondary N) is 2. The van der Waals surface area contributed by atoms with Crippen LogP contribution in [0.3, 0.4) is 0 Å². The summed E-state index contributed by atoms with van der Waals surface area (Å²) in [6, 6.07) is 20.7. The van der Waals surface area contributed by atoms with Crippen molar-refractivity contribution in [2.24, 2.45) is 0 Å². The van der Waals surface area contributed by atoms with Crippen LogP contribution in [-0.2, 0) is 10.0 Å². The van der Waals surface area contributed by atoms with Crippen LogP contribution in [0, 0.1) is 20.8 Å². The van der Waals surface area contributed by atoms with E-state index in [0.717, 1.165) is 22.3 Å². The molecule has 2 aromatic heterocycles. The molecule has 0 radical (unpaired) electrons. The van der Waals surface area contributed by atoms with Gasteiger partial charge in [-0.15, -0.1) is 0 Å². The SMILES string of the molecule is Cc1cc(C)c(Oc2nc(-c3ccccc3)ccc2C(=O)NS(=O)(=O)c2cccc(NCCO)n2)c(C)c1.[HH].[HH].[HH]. The van der Waals surface area contributed by atoms with Crippen LogP contribution in [0.1, 0.15) is 31.3 Å². The van der Waals surface area contributed by atoms with E-state index >= 15 is 0 Å². The van der Waals surface area contributed by atoms with Gasteiger partial charge in [-0.3, -0.25) is 4.79 Å². The standard InChI is InChI=1S/C28H28N4O5S.3H2/c1-18-16-19(2)26(20(3)17-18)37-28-22(12-13-23(30-28)21-8-5-4-6-9-21)27(34)32-38(35,36)25-11-7-10-24(31-25)29-14-15-33;;;/h4-13,16-17,33H,14-15H2,1-3H3,(H,29,31)(H,32,34);3*1H. The summed E-state index contributed by atoms with van der Waals surface area (Å²) in [5.41, 5.74) is 4.08. The number of sulfonamides is 1. The zero-order valence-electron chi connectivity index (χ0n) is 21.2. The highest BCUT2D eigenvalue weighted by Crippen LogP contribution is 2.32. The van der Waals surface area contributed by atoms with Crippen LogP contribution in [0.4, 0.5) is 5.82 Å². The zero-order valence-corrected chi connectivity index (χ0v) is 22.0. The second-order valence-electron chi connectivity index (χ2n) is 8.69. The maximum absolute atomic E-state index is 13.3. The van der Waals surface area contributed by atoms with Gasteiger partial charge in [0, 0.05) is 16.4 Å². The van der Waals surface area contributed by atoms with Gasteiger partial charge in [0.2, 0.25) is 5.88 Å². The van der Waals surface area contributed by atoms with Gasteiger partial charge in [0.05, 0.1) is 12.3 Å². The van der Waals surface area contributed by atoms with Crippen molar-refractivity contribution in [1.29, 1.82) is 0 Å². The highest BCUT2D eigenvalue weighted by atomic mass is 32.2. The molecule has 0 spiro atoms. The van der Waals surface area contributed by atoms with Gasteiger partial charge in [-0.2, -0.15) is 8.42 Å². The van der Waals surface area contributed by atoms with Crippen molar-refractivity contribution in [3.8, 4) is 22.9 Å². The van der Waals surface area contributed by atoms with Crippen molar-refractivity contribution >= 4 is 21.7 Å². The lowest BCUT2D eigenvalue weighted by Gasteiger charge is -2.16. The molecular weight excluding hydrogens is 504 g/mol. The lowest BCUT2D eigenvalue weighted by atomic mass is 10.1. The van der Waals surface area contributed by atoms with Crippen molar-refractivity contribution in [1.82, 2.24) is 14.7 Å². The molecule has 0 aliphatic heterocycles. The fourth-order valence-corrected chi connectivity index (χ4v) is 4.90. The predicted octanol–water partition coefficient (Wildman–Crippen LogP) is 5.12. The maximum Gasteiger partial charge on any atom is 0.281 e. The number of aromatic nitrogens is 2. The Balaban J connectivity index is 0.00000280. The Hall–Kier alpha value is -4.28. The van der Waals surface area contributed by atoms with Gasteiger partial charge in [0.15, 0.2) is 5.03 Å². The normalized spacial score (nSPS) is 11.2. The van der Waals surface area contributed by atoms with Crippen LogP contribution in [0.15, 0.2) is 77.8 Å². The summed E-state index contributed by atoms with van der Waals surface area (Å²) < 4.78 is 34.3. The van der Waals surface area contributed by atoms with E-state index in [2.05, 4.69) is 20.0 Å². The van der Waals surface area contributed by atoms with E-state index in [-0.39, 0.29) is 39.7 Å². The first-order valence-corrected chi connectivity index (χ1v) is 13.4. The number of hydrogen-bond acceptors (Lipinski definition) is 8. The Bertz CT molecular complexity index is 1570. The monoisotopic (exact) mass is 538 g/mol. The molecule has 10 heteroatoms. The molecule has 4 aromatic rings. The zero-order chi connectivity index (χ0) is 27.3. The minimum absolute atomic E-state index is 0. The summed E-state index contributed by atoms with van der Waals surface area (Å²) in [5, 5.41) is 11.4. The summed E-state index contributed by atoms with van der Waals surface area (Å²) in [6.07, 6.45) is 0. The van der Waals surface area contributed by atoms with Crippen LogP contribution in [0.25, 0.3) is 11.3 Å². The average Bonchev–Trinajstić information content (AvgIpc) is 2.90. The molecule has 0 aliphatic carbocycles. The van der Waals surface area contributed by atoms with Crippen LogP contribution in [0.2, 0.25) is 0 Å². The lowest BCUT2D eigenvalue weighted by Crippen LogP contribution is -2.31. The second kappa shape index (κ2) is 11.4. The highest BCUT2D eigenvalue weighted by molar-refractivity contribution is 7.90. The van der Waals surface area contributed by atoms with Gasteiger partial charge in [-0.25, -0.2) is 14.7 Å². The predicted molar refractivity (Wildman–Crippen MR) is 151 cm³/mol. The number of hydrogen-bond donors (Lipinski definition) is 3. The molecule has 202 valence electrons. The summed E-state index contributed by atoms with van der Waals surface area (Å²) >= 11 is 0. The van der Waals surface area contributed by atoms with Gasteiger partial charge in [0.1, 0.15) is 17.1 Å². The molecular formula is C28H34N4O5S. The topological polar surface area (TPSA) is 131 Å². The van der Waals surface area contributed by atoms with Crippen molar-refractivity contribution in [2.75, 3.05) is 18.5 Å². The molecule has 4 rings (SSSR count). The number of pyridine rings is 2. The number of carbonyl (C=O) groups excluding carboxylic acids is 1. The molecule has 0 fully saturated rings. The first-order chi connectivity index (χ1) is 18.2. The lowest BCUT2D eigenvalue weighted by molar-refractivity contribution is 0.0978. The van der Waals surface area contributed by atoms with Gasteiger partial charge < -0.3 is 15.2 Å². The van der Waals surface area contributed by atoms with Crippen LogP contribution in [0.5, 0.6) is 11.6 Å². The second-order valence-corrected chi connectivity index (χ2v) is 10.3. The van der Waals surface area contributed by atoms with Gasteiger partial charge in [-0.05, 0) is 56.2 Å². The van der Waals surface area contributed by atoms with E-state index in [4.69, 9.17) is 9.84 Å². The van der Waals surface area contributed by atoms with E-state index in [0.29, 0.717) is 11.4 Å². The molecule has 3 N–H and O–H groups in total. The van der Waals surface area contributed by atoms with E-state index < -0.39 is 15.9 Å². The smallest absolute Gasteiger partial charge is 0.281 e. The maximum atomic E-state index is 13.3. The molecule has 38 heavy (non-hydrogen) atoms.